The van der Waals surface area contributed by atoms with E-state index >= 15 is 0 Å². The lowest BCUT2D eigenvalue weighted by atomic mass is 9.90. The van der Waals surface area contributed by atoms with Gasteiger partial charge in [-0.3, -0.25) is 20.4 Å². The second-order valence-electron chi connectivity index (χ2n) is 6.69. The maximum atomic E-state index is 12.3. The number of hydrogen-bond donors (Lipinski definition) is 2. The summed E-state index contributed by atoms with van der Waals surface area (Å²) in [4.78, 5) is 38.4. The molecule has 0 bridgehead atoms. The number of rotatable bonds is 4. The van der Waals surface area contributed by atoms with Crippen molar-refractivity contribution in [1.82, 2.24) is 30.6 Å². The molecule has 0 aliphatic heterocycles. The van der Waals surface area contributed by atoms with E-state index in [-0.39, 0.29) is 12.5 Å². The zero-order valence-corrected chi connectivity index (χ0v) is 16.7. The number of hydrogen-bond acceptors (Lipinski definition) is 7. The number of nitrogens with one attached hydrogen (secondary N) is 2. The van der Waals surface area contributed by atoms with Crippen molar-refractivity contribution < 1.29 is 9.59 Å². The molecule has 0 spiro atoms. The quantitative estimate of drug-likeness (QED) is 0.617. The Morgan fingerprint density at radius 1 is 1.32 bits per heavy atom. The number of carbonyl (C=O) groups is 2. The number of fused-ring (bicyclic) bond motifs is 1. The number of amides is 2. The molecule has 3 heterocycles. The molecule has 146 valence electrons. The van der Waals surface area contributed by atoms with Crippen LogP contribution in [0.5, 0.6) is 0 Å². The Bertz CT molecular complexity index is 1070. The molecule has 0 radical (unpaired) electrons. The second kappa shape index (κ2) is 7.68. The number of thiophene rings is 2. The second-order valence-corrected chi connectivity index (χ2v) is 8.75. The molecule has 9 nitrogen and oxygen atoms in total. The highest BCUT2D eigenvalue weighted by Gasteiger charge is 2.21. The Labute approximate surface area is 167 Å². The van der Waals surface area contributed by atoms with E-state index in [1.807, 2.05) is 11.4 Å². The lowest BCUT2D eigenvalue weighted by Gasteiger charge is -2.16. The third-order valence-corrected chi connectivity index (χ3v) is 6.60. The first-order valence-electron chi connectivity index (χ1n) is 8.78. The summed E-state index contributed by atoms with van der Waals surface area (Å²) in [5, 5.41) is 9.88. The van der Waals surface area contributed by atoms with Crippen molar-refractivity contribution in [1.29, 1.82) is 0 Å². The summed E-state index contributed by atoms with van der Waals surface area (Å²) in [6.07, 6.45) is 3.10. The van der Waals surface area contributed by atoms with Crippen molar-refractivity contribution in [2.24, 2.45) is 5.92 Å². The van der Waals surface area contributed by atoms with Gasteiger partial charge in [0.15, 0.2) is 0 Å². The normalized spacial score (nSPS) is 15.8. The maximum Gasteiger partial charge on any atom is 0.369 e. The van der Waals surface area contributed by atoms with Crippen LogP contribution in [0.1, 0.15) is 33.5 Å². The molecule has 2 amide bonds. The summed E-state index contributed by atoms with van der Waals surface area (Å²) in [6, 6.07) is 5.41. The van der Waals surface area contributed by atoms with Crippen LogP contribution in [-0.2, 0) is 24.2 Å². The molecular weight excluding hydrogens is 400 g/mol. The van der Waals surface area contributed by atoms with Crippen LogP contribution in [0.4, 0.5) is 0 Å². The van der Waals surface area contributed by atoms with Crippen molar-refractivity contribution in [2.75, 3.05) is 0 Å². The Morgan fingerprint density at radius 2 is 2.18 bits per heavy atom. The fraction of sp³-hybridized carbons (Fsp3) is 0.353. The van der Waals surface area contributed by atoms with E-state index in [2.05, 4.69) is 28.2 Å². The van der Waals surface area contributed by atoms with Gasteiger partial charge >= 0.3 is 5.69 Å². The zero-order valence-electron chi connectivity index (χ0n) is 15.0. The predicted molar refractivity (Wildman–Crippen MR) is 105 cm³/mol. The van der Waals surface area contributed by atoms with Gasteiger partial charge in [-0.25, -0.2) is 4.79 Å². The van der Waals surface area contributed by atoms with Gasteiger partial charge in [-0.15, -0.1) is 22.7 Å². The maximum absolute atomic E-state index is 12.3. The number of nitrogens with zero attached hydrogens (tertiary/aromatic N) is 4. The van der Waals surface area contributed by atoms with Crippen molar-refractivity contribution in [3.05, 3.63) is 49.4 Å². The monoisotopic (exact) mass is 418 g/mol. The molecule has 0 fully saturated rings. The van der Waals surface area contributed by atoms with Crippen LogP contribution in [0.15, 0.2) is 28.4 Å². The average Bonchev–Trinajstić information content (AvgIpc) is 3.40. The molecule has 1 atom stereocenters. The van der Waals surface area contributed by atoms with Crippen LogP contribution in [-0.4, -0.2) is 31.6 Å². The summed E-state index contributed by atoms with van der Waals surface area (Å²) in [5.41, 5.74) is 5.42. The standard InChI is InChI=1S/C17H18N6O3S2/c1-10-4-5-12-11(7-10)8-13(28-12)16(25)19-18-14(24)9-22-17(26)23(21-20-22)15-3-2-6-27-15/h2-3,6,8,10H,4-5,7,9H2,1H3,(H,18,24)(H,19,25). The molecule has 0 aromatic carbocycles. The number of aromatic nitrogens is 4. The molecule has 1 aliphatic rings. The van der Waals surface area contributed by atoms with E-state index in [0.29, 0.717) is 15.8 Å². The third-order valence-electron chi connectivity index (χ3n) is 4.52. The molecule has 4 rings (SSSR count). The molecule has 2 N–H and O–H groups in total. The van der Waals surface area contributed by atoms with Crippen LogP contribution in [0.2, 0.25) is 0 Å². The molecule has 28 heavy (non-hydrogen) atoms. The van der Waals surface area contributed by atoms with Gasteiger partial charge in [-0.05, 0) is 64.7 Å². The predicted octanol–water partition coefficient (Wildman–Crippen LogP) is 1.14. The topological polar surface area (TPSA) is 111 Å². The summed E-state index contributed by atoms with van der Waals surface area (Å²) >= 11 is 2.80. The zero-order chi connectivity index (χ0) is 19.7. The Balaban J connectivity index is 1.35. The van der Waals surface area contributed by atoms with E-state index in [4.69, 9.17) is 0 Å². The van der Waals surface area contributed by atoms with Gasteiger partial charge in [-0.1, -0.05) is 6.92 Å². The van der Waals surface area contributed by atoms with Crippen LogP contribution < -0.4 is 16.5 Å². The van der Waals surface area contributed by atoms with Crippen molar-refractivity contribution in [3.8, 4) is 5.00 Å². The van der Waals surface area contributed by atoms with Gasteiger partial charge in [0.2, 0.25) is 0 Å². The van der Waals surface area contributed by atoms with E-state index in [9.17, 15) is 14.4 Å². The van der Waals surface area contributed by atoms with Crippen LogP contribution >= 0.6 is 22.7 Å². The highest BCUT2D eigenvalue weighted by atomic mass is 32.1. The minimum Gasteiger partial charge on any atom is -0.271 e. The number of hydrazine groups is 1. The Kier molecular flexibility index (Phi) is 5.09. The van der Waals surface area contributed by atoms with Crippen molar-refractivity contribution in [3.63, 3.8) is 0 Å². The van der Waals surface area contributed by atoms with E-state index in [1.165, 1.54) is 33.1 Å². The first-order valence-corrected chi connectivity index (χ1v) is 10.5. The highest BCUT2D eigenvalue weighted by Crippen LogP contribution is 2.32. The van der Waals surface area contributed by atoms with Gasteiger partial charge in [0, 0.05) is 4.88 Å². The first-order chi connectivity index (χ1) is 13.5. The summed E-state index contributed by atoms with van der Waals surface area (Å²) in [7, 11) is 0. The van der Waals surface area contributed by atoms with Gasteiger partial charge in [0.05, 0.1) is 4.88 Å². The summed E-state index contributed by atoms with van der Waals surface area (Å²) in [5.74, 6) is -0.308. The highest BCUT2D eigenvalue weighted by molar-refractivity contribution is 7.14. The van der Waals surface area contributed by atoms with Crippen molar-refractivity contribution >= 4 is 34.5 Å². The van der Waals surface area contributed by atoms with Crippen LogP contribution in [0.3, 0.4) is 0 Å². The summed E-state index contributed by atoms with van der Waals surface area (Å²) in [6.45, 7) is 1.86. The van der Waals surface area contributed by atoms with Crippen LogP contribution in [0, 0.1) is 5.92 Å². The molecule has 0 saturated heterocycles. The fourth-order valence-electron chi connectivity index (χ4n) is 3.08. The minimum absolute atomic E-state index is 0.344. The SMILES string of the molecule is CC1CCc2sc(C(=O)NNC(=O)Cn3nnn(-c4cccs4)c3=O)cc2C1. The van der Waals surface area contributed by atoms with Gasteiger partial charge in [0.1, 0.15) is 11.5 Å². The molecule has 1 aliphatic carbocycles. The number of tetrazole rings is 1. The molecule has 0 saturated carbocycles. The molecule has 11 heteroatoms. The lowest BCUT2D eigenvalue weighted by molar-refractivity contribution is -0.122. The van der Waals surface area contributed by atoms with Gasteiger partial charge in [-0.2, -0.15) is 9.36 Å². The molecular formula is C17H18N6O3S2. The first kappa shape index (κ1) is 18.6. The molecule has 3 aromatic heterocycles. The van der Waals surface area contributed by atoms with Crippen LogP contribution in [0.25, 0.3) is 5.00 Å². The number of aryl methyl sites for hydroxylation is 1. The molecule has 1 unspecified atom stereocenters. The molecule has 3 aromatic rings. The number of carbonyl (C=O) groups excluding carboxylic acids is 2. The minimum atomic E-state index is -0.566. The Hall–Kier alpha value is -2.79. The smallest absolute Gasteiger partial charge is 0.271 e. The largest absolute Gasteiger partial charge is 0.369 e. The van der Waals surface area contributed by atoms with E-state index < -0.39 is 11.6 Å². The average molecular weight is 419 g/mol. The summed E-state index contributed by atoms with van der Waals surface area (Å²) < 4.78 is 2.06. The third kappa shape index (κ3) is 3.76. The van der Waals surface area contributed by atoms with Gasteiger partial charge < -0.3 is 0 Å². The fourth-order valence-corrected chi connectivity index (χ4v) is 4.86. The van der Waals surface area contributed by atoms with E-state index in [0.717, 1.165) is 28.6 Å². The Morgan fingerprint density at radius 3 is 2.96 bits per heavy atom. The van der Waals surface area contributed by atoms with Gasteiger partial charge in [0.25, 0.3) is 11.8 Å². The van der Waals surface area contributed by atoms with E-state index in [1.54, 1.807) is 12.1 Å². The lowest BCUT2D eigenvalue weighted by Crippen LogP contribution is -2.44. The van der Waals surface area contributed by atoms with Crippen molar-refractivity contribution in [2.45, 2.75) is 32.7 Å².